The molecule has 0 saturated heterocycles. The number of hydroxylamine groups is 1. The van der Waals surface area contributed by atoms with Gasteiger partial charge in [0.2, 0.25) is 0 Å². The van der Waals surface area contributed by atoms with Crippen LogP contribution in [0.15, 0.2) is 71.7 Å². The monoisotopic (exact) mass is 363 g/mol. The number of hydrogen-bond acceptors (Lipinski definition) is 7. The SMILES string of the molecule is CC1=CN2C(c3cccc([N+](=O)[O-])c3)=NON(c3ccc(C)cn3)C2C=C1. The molecule has 0 bridgehead atoms. The van der Waals surface area contributed by atoms with Crippen molar-refractivity contribution in [1.29, 1.82) is 0 Å². The van der Waals surface area contributed by atoms with Crippen LogP contribution in [0, 0.1) is 17.0 Å². The number of nitro groups is 1. The van der Waals surface area contributed by atoms with E-state index in [1.807, 2.05) is 49.2 Å². The maximum absolute atomic E-state index is 11.1. The molecular formula is C19H17N5O3. The Morgan fingerprint density at radius 2 is 2.07 bits per heavy atom. The predicted molar refractivity (Wildman–Crippen MR) is 101 cm³/mol. The Morgan fingerprint density at radius 1 is 1.22 bits per heavy atom. The largest absolute Gasteiger partial charge is 0.302 e. The van der Waals surface area contributed by atoms with Crippen LogP contribution in [-0.2, 0) is 4.94 Å². The van der Waals surface area contributed by atoms with Crippen molar-refractivity contribution in [3.8, 4) is 0 Å². The average Bonchev–Trinajstić information content (AvgIpc) is 2.68. The molecule has 0 fully saturated rings. The summed E-state index contributed by atoms with van der Waals surface area (Å²) in [4.78, 5) is 22.7. The van der Waals surface area contributed by atoms with Crippen LogP contribution in [0.1, 0.15) is 18.1 Å². The topological polar surface area (TPSA) is 84.1 Å². The van der Waals surface area contributed by atoms with Crippen molar-refractivity contribution < 1.29 is 9.86 Å². The lowest BCUT2D eigenvalue weighted by Crippen LogP contribution is -2.52. The number of hydrogen-bond donors (Lipinski definition) is 0. The molecule has 0 amide bonds. The number of anilines is 1. The first-order chi connectivity index (χ1) is 13.0. The molecule has 4 rings (SSSR count). The molecule has 1 aromatic carbocycles. The first-order valence-corrected chi connectivity index (χ1v) is 8.40. The fraction of sp³-hybridized carbons (Fsp3) is 0.158. The smallest absolute Gasteiger partial charge is 0.270 e. The predicted octanol–water partition coefficient (Wildman–Crippen LogP) is 3.51. The zero-order valence-corrected chi connectivity index (χ0v) is 14.8. The van der Waals surface area contributed by atoms with Crippen LogP contribution >= 0.6 is 0 Å². The molecule has 0 saturated carbocycles. The molecule has 1 atom stereocenters. The molecule has 3 heterocycles. The highest BCUT2D eigenvalue weighted by atomic mass is 16.8. The zero-order chi connectivity index (χ0) is 19.0. The van der Waals surface area contributed by atoms with Crippen molar-refractivity contribution in [3.05, 3.63) is 87.8 Å². The van der Waals surface area contributed by atoms with Crippen molar-refractivity contribution >= 4 is 17.3 Å². The molecule has 2 aliphatic heterocycles. The van der Waals surface area contributed by atoms with Crippen molar-refractivity contribution in [2.45, 2.75) is 20.0 Å². The van der Waals surface area contributed by atoms with Gasteiger partial charge in [0.05, 0.1) is 4.92 Å². The van der Waals surface area contributed by atoms with E-state index in [2.05, 4.69) is 10.1 Å². The highest BCUT2D eigenvalue weighted by molar-refractivity contribution is 6.00. The molecule has 1 aromatic heterocycles. The summed E-state index contributed by atoms with van der Waals surface area (Å²) < 4.78 is 0. The third kappa shape index (κ3) is 3.12. The van der Waals surface area contributed by atoms with Gasteiger partial charge < -0.3 is 4.90 Å². The number of fused-ring (bicyclic) bond motifs is 1. The van der Waals surface area contributed by atoms with Gasteiger partial charge in [0.15, 0.2) is 17.8 Å². The maximum Gasteiger partial charge on any atom is 0.270 e. The molecule has 0 spiro atoms. The third-order valence-corrected chi connectivity index (χ3v) is 4.30. The number of amidine groups is 1. The van der Waals surface area contributed by atoms with Crippen LogP contribution in [0.3, 0.4) is 0 Å². The second-order valence-electron chi connectivity index (χ2n) is 6.38. The highest BCUT2D eigenvalue weighted by Crippen LogP contribution is 2.29. The van der Waals surface area contributed by atoms with Crippen molar-refractivity contribution in [1.82, 2.24) is 9.88 Å². The summed E-state index contributed by atoms with van der Waals surface area (Å²) in [5, 5.41) is 16.9. The number of nitrogens with zero attached hydrogens (tertiary/aromatic N) is 5. The molecule has 8 nitrogen and oxygen atoms in total. The van der Waals surface area contributed by atoms with E-state index < -0.39 is 4.92 Å². The van der Waals surface area contributed by atoms with Gasteiger partial charge >= 0.3 is 0 Å². The summed E-state index contributed by atoms with van der Waals surface area (Å²) in [7, 11) is 0. The minimum Gasteiger partial charge on any atom is -0.302 e. The molecule has 1 unspecified atom stereocenters. The minimum atomic E-state index is -0.426. The molecule has 0 radical (unpaired) electrons. The van der Waals surface area contributed by atoms with Crippen LogP contribution in [0.4, 0.5) is 11.5 Å². The number of pyridine rings is 1. The number of aryl methyl sites for hydroxylation is 1. The van der Waals surface area contributed by atoms with Gasteiger partial charge in [-0.3, -0.25) is 15.1 Å². The van der Waals surface area contributed by atoms with Crippen LogP contribution < -0.4 is 5.06 Å². The van der Waals surface area contributed by atoms with E-state index in [4.69, 9.17) is 4.94 Å². The summed E-state index contributed by atoms with van der Waals surface area (Å²) in [5.74, 6) is 1.12. The van der Waals surface area contributed by atoms with E-state index in [0.29, 0.717) is 17.2 Å². The van der Waals surface area contributed by atoms with E-state index in [9.17, 15) is 10.1 Å². The molecule has 0 aliphatic carbocycles. The Kier molecular flexibility index (Phi) is 4.08. The molecular weight excluding hydrogens is 346 g/mol. The maximum atomic E-state index is 11.1. The van der Waals surface area contributed by atoms with Crippen LogP contribution in [0.2, 0.25) is 0 Å². The lowest BCUT2D eigenvalue weighted by molar-refractivity contribution is -0.384. The van der Waals surface area contributed by atoms with Crippen LogP contribution in [0.5, 0.6) is 0 Å². The summed E-state index contributed by atoms with van der Waals surface area (Å²) >= 11 is 0. The van der Waals surface area contributed by atoms with E-state index >= 15 is 0 Å². The van der Waals surface area contributed by atoms with Crippen molar-refractivity contribution in [3.63, 3.8) is 0 Å². The van der Waals surface area contributed by atoms with E-state index in [1.165, 1.54) is 12.1 Å². The fourth-order valence-corrected chi connectivity index (χ4v) is 2.95. The van der Waals surface area contributed by atoms with Crippen molar-refractivity contribution in [2.75, 3.05) is 5.06 Å². The van der Waals surface area contributed by atoms with Crippen LogP contribution in [0.25, 0.3) is 0 Å². The number of oxime groups is 1. The zero-order valence-electron chi connectivity index (χ0n) is 14.8. The number of benzene rings is 1. The summed E-state index contributed by atoms with van der Waals surface area (Å²) in [6.45, 7) is 3.94. The Bertz CT molecular complexity index is 981. The molecule has 2 aromatic rings. The number of rotatable bonds is 3. The summed E-state index contributed by atoms with van der Waals surface area (Å²) in [5.41, 5.74) is 2.68. The van der Waals surface area contributed by atoms with Gasteiger partial charge in [0, 0.05) is 30.1 Å². The molecule has 2 aliphatic rings. The molecule has 27 heavy (non-hydrogen) atoms. The third-order valence-electron chi connectivity index (χ3n) is 4.30. The van der Waals surface area contributed by atoms with Crippen LogP contribution in [-0.4, -0.2) is 26.8 Å². The standard InChI is InChI=1S/C19H17N5O3/c1-13-6-8-17(20-11-13)23-18-9-7-14(2)12-22(18)19(21-27-23)15-4-3-5-16(10-15)24(25)26/h3-12,18H,1-2H3. The Morgan fingerprint density at radius 3 is 2.81 bits per heavy atom. The lowest BCUT2D eigenvalue weighted by Gasteiger charge is -2.40. The van der Waals surface area contributed by atoms with E-state index in [-0.39, 0.29) is 11.9 Å². The number of aromatic nitrogens is 1. The molecule has 0 N–H and O–H groups in total. The first-order valence-electron chi connectivity index (χ1n) is 8.40. The van der Waals surface area contributed by atoms with Gasteiger partial charge in [-0.25, -0.2) is 4.98 Å². The van der Waals surface area contributed by atoms with Gasteiger partial charge in [0.1, 0.15) is 0 Å². The Balaban J connectivity index is 1.76. The quantitative estimate of drug-likeness (QED) is 0.613. The van der Waals surface area contributed by atoms with E-state index in [0.717, 1.165) is 11.1 Å². The average molecular weight is 363 g/mol. The van der Waals surface area contributed by atoms with Gasteiger partial charge in [0.25, 0.3) is 5.69 Å². The van der Waals surface area contributed by atoms with Crippen molar-refractivity contribution in [2.24, 2.45) is 5.16 Å². The lowest BCUT2D eigenvalue weighted by atomic mass is 10.1. The van der Waals surface area contributed by atoms with Gasteiger partial charge in [-0.05, 0) is 42.3 Å². The fourth-order valence-electron chi connectivity index (χ4n) is 2.95. The first kappa shape index (κ1) is 16.8. The molecule has 8 heteroatoms. The Hall–Kier alpha value is -3.68. The second-order valence-corrected chi connectivity index (χ2v) is 6.38. The number of allylic oxidation sites excluding steroid dienone is 2. The van der Waals surface area contributed by atoms with Gasteiger partial charge in [-0.15, -0.1) is 5.06 Å². The molecule has 136 valence electrons. The van der Waals surface area contributed by atoms with E-state index in [1.54, 1.807) is 23.4 Å². The Labute approximate surface area is 155 Å². The normalized spacial score (nSPS) is 18.4. The number of nitro benzene ring substituents is 1. The van der Waals surface area contributed by atoms with Gasteiger partial charge in [-0.1, -0.05) is 24.3 Å². The summed E-state index contributed by atoms with van der Waals surface area (Å²) in [6.07, 6.45) is 7.35. The van der Waals surface area contributed by atoms with Gasteiger partial charge in [-0.2, -0.15) is 0 Å². The highest BCUT2D eigenvalue weighted by Gasteiger charge is 2.35. The number of non-ortho nitro benzene ring substituents is 1. The minimum absolute atomic E-state index is 0.00244. The summed E-state index contributed by atoms with van der Waals surface area (Å²) in [6, 6.07) is 10.2. The second kappa shape index (κ2) is 6.56.